The van der Waals surface area contributed by atoms with Gasteiger partial charge in [0.2, 0.25) is 11.8 Å². The molecule has 1 aliphatic carbocycles. The number of likely N-dealkylation sites (tertiary alicyclic amines) is 1. The molecule has 196 valence electrons. The molecule has 3 aliphatic rings. The van der Waals surface area contributed by atoms with Crippen LogP contribution in [-0.4, -0.2) is 59.1 Å². The van der Waals surface area contributed by atoms with Gasteiger partial charge < -0.3 is 20.1 Å². The van der Waals surface area contributed by atoms with Gasteiger partial charge in [-0.3, -0.25) is 14.4 Å². The molecule has 0 aromatic heterocycles. The highest BCUT2D eigenvalue weighted by atomic mass is 16.5. The normalized spacial score (nSPS) is 27.1. The minimum Gasteiger partial charge on any atom is -0.463 e. The zero-order chi connectivity index (χ0) is 25.4. The second-order valence-electron chi connectivity index (χ2n) is 10.7. The number of hydrogen-bond acceptors (Lipinski definition) is 5. The molecule has 2 heterocycles. The molecule has 0 unspecified atom stereocenters. The summed E-state index contributed by atoms with van der Waals surface area (Å²) in [6.07, 6.45) is 11.8. The molecule has 7 nitrogen and oxygen atoms in total. The summed E-state index contributed by atoms with van der Waals surface area (Å²) in [5, 5.41) is 12.8. The summed E-state index contributed by atoms with van der Waals surface area (Å²) in [6.45, 7) is 0.772. The number of allylic oxidation sites excluding steroid dienone is 2. The van der Waals surface area contributed by atoms with Crippen LogP contribution in [0.25, 0.3) is 0 Å². The lowest BCUT2D eigenvalue weighted by atomic mass is 9.93. The van der Waals surface area contributed by atoms with E-state index in [2.05, 4.69) is 5.32 Å². The number of cyclic esters (lactones) is 1. The van der Waals surface area contributed by atoms with Crippen LogP contribution in [0.5, 0.6) is 0 Å². The Morgan fingerprint density at radius 3 is 2.58 bits per heavy atom. The molecule has 1 aromatic rings. The van der Waals surface area contributed by atoms with Gasteiger partial charge in [0.05, 0.1) is 30.0 Å². The van der Waals surface area contributed by atoms with Crippen molar-refractivity contribution < 1.29 is 24.2 Å². The average Bonchev–Trinajstić information content (AvgIpc) is 3.56. The minimum absolute atomic E-state index is 0.0405. The first-order chi connectivity index (χ1) is 17.5. The number of amides is 2. The quantitative estimate of drug-likeness (QED) is 0.480. The molecule has 1 saturated carbocycles. The van der Waals surface area contributed by atoms with Crippen LogP contribution in [0.3, 0.4) is 0 Å². The number of hydrogen-bond donors (Lipinski definition) is 2. The van der Waals surface area contributed by atoms with Crippen molar-refractivity contribution in [3.63, 3.8) is 0 Å². The Hall–Kier alpha value is -2.67. The summed E-state index contributed by atoms with van der Waals surface area (Å²) in [4.78, 5) is 41.4. The molecule has 4 rings (SSSR count). The Kier molecular flexibility index (Phi) is 9.19. The van der Waals surface area contributed by atoms with Crippen molar-refractivity contribution in [1.82, 2.24) is 10.2 Å². The zero-order valence-electron chi connectivity index (χ0n) is 21.2. The van der Waals surface area contributed by atoms with Crippen LogP contribution in [0.4, 0.5) is 0 Å². The fraction of sp³-hybridized carbons (Fsp3) is 0.621. The fourth-order valence-corrected chi connectivity index (χ4v) is 5.89. The SMILES string of the molecule is O=C1NC2(CCCC2)COC(=O)[C@@H](Cc2ccccc2)CCC=CC[C@@H]1CC(=O)N1CCC[C@H]1CO. The predicted octanol–water partition coefficient (Wildman–Crippen LogP) is 3.55. The molecule has 7 heteroatoms. The number of esters is 1. The van der Waals surface area contributed by atoms with E-state index in [1.807, 2.05) is 42.5 Å². The summed E-state index contributed by atoms with van der Waals surface area (Å²) < 4.78 is 5.87. The van der Waals surface area contributed by atoms with Crippen LogP contribution in [-0.2, 0) is 25.5 Å². The van der Waals surface area contributed by atoms with Gasteiger partial charge in [-0.1, -0.05) is 55.3 Å². The van der Waals surface area contributed by atoms with Gasteiger partial charge in [0.25, 0.3) is 0 Å². The highest BCUT2D eigenvalue weighted by Gasteiger charge is 2.40. The van der Waals surface area contributed by atoms with Crippen LogP contribution in [0.2, 0.25) is 0 Å². The maximum atomic E-state index is 13.5. The first-order valence-electron chi connectivity index (χ1n) is 13.6. The van der Waals surface area contributed by atoms with E-state index in [1.54, 1.807) is 4.90 Å². The summed E-state index contributed by atoms with van der Waals surface area (Å²) in [5.41, 5.74) is 0.544. The van der Waals surface area contributed by atoms with E-state index in [0.717, 1.165) is 44.1 Å². The van der Waals surface area contributed by atoms with E-state index >= 15 is 0 Å². The third-order valence-electron chi connectivity index (χ3n) is 8.07. The van der Waals surface area contributed by atoms with Crippen molar-refractivity contribution in [3.05, 3.63) is 48.0 Å². The molecule has 1 aromatic carbocycles. The van der Waals surface area contributed by atoms with Crippen molar-refractivity contribution in [2.24, 2.45) is 11.8 Å². The van der Waals surface area contributed by atoms with Gasteiger partial charge in [-0.25, -0.2) is 0 Å². The summed E-state index contributed by atoms with van der Waals surface area (Å²) >= 11 is 0. The van der Waals surface area contributed by atoms with Crippen LogP contribution in [0, 0.1) is 11.8 Å². The monoisotopic (exact) mass is 496 g/mol. The molecule has 2 aliphatic heterocycles. The number of nitrogens with zero attached hydrogens (tertiary/aromatic N) is 1. The summed E-state index contributed by atoms with van der Waals surface area (Å²) in [5.74, 6) is -1.15. The lowest BCUT2D eigenvalue weighted by Crippen LogP contribution is -2.53. The lowest BCUT2D eigenvalue weighted by Gasteiger charge is -2.32. The van der Waals surface area contributed by atoms with Crippen LogP contribution in [0.15, 0.2) is 42.5 Å². The molecule has 2 fully saturated rings. The fourth-order valence-electron chi connectivity index (χ4n) is 5.89. The molecular formula is C29H40N2O5. The van der Waals surface area contributed by atoms with Crippen molar-refractivity contribution in [2.75, 3.05) is 19.8 Å². The predicted molar refractivity (Wildman–Crippen MR) is 137 cm³/mol. The number of carbonyl (C=O) groups is 3. The largest absolute Gasteiger partial charge is 0.463 e. The number of carbonyl (C=O) groups excluding carboxylic acids is 3. The number of nitrogens with one attached hydrogen (secondary N) is 1. The van der Waals surface area contributed by atoms with E-state index in [0.29, 0.717) is 32.2 Å². The van der Waals surface area contributed by atoms with E-state index in [4.69, 9.17) is 4.74 Å². The molecule has 1 spiro atoms. The standard InChI is InChI=1S/C29H40N2O5/c32-20-25-14-9-17-31(25)26(33)19-23-12-5-2-6-13-24(18-22-10-3-1-4-11-22)28(35)36-21-29(30-27(23)34)15-7-8-16-29/h1-5,10-11,23-25,32H,6-9,12-21H2,(H,30,34)/t23-,24-,25+/m1/s1. The first-order valence-corrected chi connectivity index (χ1v) is 13.6. The average molecular weight is 497 g/mol. The maximum Gasteiger partial charge on any atom is 0.309 e. The topological polar surface area (TPSA) is 95.9 Å². The van der Waals surface area contributed by atoms with E-state index < -0.39 is 11.5 Å². The zero-order valence-corrected chi connectivity index (χ0v) is 21.2. The molecule has 0 radical (unpaired) electrons. The third-order valence-corrected chi connectivity index (χ3v) is 8.07. The van der Waals surface area contributed by atoms with Crippen molar-refractivity contribution in [3.8, 4) is 0 Å². The molecule has 1 saturated heterocycles. The second-order valence-corrected chi connectivity index (χ2v) is 10.7. The van der Waals surface area contributed by atoms with Gasteiger partial charge in [0.1, 0.15) is 6.61 Å². The summed E-state index contributed by atoms with van der Waals surface area (Å²) in [7, 11) is 0. The van der Waals surface area contributed by atoms with Crippen LogP contribution < -0.4 is 5.32 Å². The minimum atomic E-state index is -0.565. The second kappa shape index (κ2) is 12.5. The van der Waals surface area contributed by atoms with Crippen molar-refractivity contribution in [2.45, 2.75) is 82.2 Å². The summed E-state index contributed by atoms with van der Waals surface area (Å²) in [6, 6.07) is 9.85. The van der Waals surface area contributed by atoms with E-state index in [-0.39, 0.29) is 49.4 Å². The van der Waals surface area contributed by atoms with Gasteiger partial charge >= 0.3 is 5.97 Å². The van der Waals surface area contributed by atoms with Crippen molar-refractivity contribution in [1.29, 1.82) is 0 Å². The van der Waals surface area contributed by atoms with Crippen LogP contribution >= 0.6 is 0 Å². The van der Waals surface area contributed by atoms with E-state index in [1.165, 1.54) is 0 Å². The highest BCUT2D eigenvalue weighted by molar-refractivity contribution is 5.86. The van der Waals surface area contributed by atoms with Gasteiger partial charge in [-0.05, 0) is 56.9 Å². The van der Waals surface area contributed by atoms with Gasteiger partial charge in [-0.2, -0.15) is 0 Å². The highest BCUT2D eigenvalue weighted by Crippen LogP contribution is 2.32. The third kappa shape index (κ3) is 6.75. The Labute approximate surface area is 214 Å². The molecule has 36 heavy (non-hydrogen) atoms. The maximum absolute atomic E-state index is 13.5. The van der Waals surface area contributed by atoms with Crippen LogP contribution in [0.1, 0.15) is 69.8 Å². The number of aliphatic hydroxyl groups excluding tert-OH is 1. The molecule has 0 bridgehead atoms. The molecule has 3 atom stereocenters. The molecular weight excluding hydrogens is 456 g/mol. The number of benzene rings is 1. The van der Waals surface area contributed by atoms with Crippen molar-refractivity contribution >= 4 is 17.8 Å². The van der Waals surface area contributed by atoms with E-state index in [9.17, 15) is 19.5 Å². The molecule has 2 N–H and O–H groups in total. The molecule has 2 amide bonds. The first kappa shape index (κ1) is 26.4. The Balaban J connectivity index is 1.49. The Bertz CT molecular complexity index is 925. The number of ether oxygens (including phenoxy) is 1. The lowest BCUT2D eigenvalue weighted by molar-refractivity contribution is -0.152. The Morgan fingerprint density at radius 2 is 1.83 bits per heavy atom. The van der Waals surface area contributed by atoms with Gasteiger partial charge in [-0.15, -0.1) is 0 Å². The number of aliphatic hydroxyl groups is 1. The van der Waals surface area contributed by atoms with Gasteiger partial charge in [0.15, 0.2) is 0 Å². The number of rotatable bonds is 5. The van der Waals surface area contributed by atoms with Gasteiger partial charge in [0, 0.05) is 13.0 Å². The Morgan fingerprint density at radius 1 is 1.06 bits per heavy atom. The smallest absolute Gasteiger partial charge is 0.309 e.